The first-order valence-corrected chi connectivity index (χ1v) is 8.43. The van der Waals surface area contributed by atoms with Crippen molar-refractivity contribution in [3.63, 3.8) is 0 Å². The molecular formula is C18H19N5O3. The molecule has 2 heterocycles. The van der Waals surface area contributed by atoms with Gasteiger partial charge in [-0.15, -0.1) is 0 Å². The highest BCUT2D eigenvalue weighted by Gasteiger charge is 2.31. The van der Waals surface area contributed by atoms with E-state index >= 15 is 0 Å². The topological polar surface area (TPSA) is 112 Å². The average molecular weight is 353 g/mol. The summed E-state index contributed by atoms with van der Waals surface area (Å²) in [4.78, 5) is 30.5. The van der Waals surface area contributed by atoms with Crippen molar-refractivity contribution in [1.82, 2.24) is 15.0 Å². The number of piperidine rings is 1. The van der Waals surface area contributed by atoms with E-state index in [9.17, 15) is 9.59 Å². The van der Waals surface area contributed by atoms with E-state index in [1.165, 1.54) is 4.90 Å². The predicted octanol–water partition coefficient (Wildman–Crippen LogP) is 1.79. The van der Waals surface area contributed by atoms with Crippen molar-refractivity contribution in [1.29, 1.82) is 5.26 Å². The molecule has 0 radical (unpaired) electrons. The summed E-state index contributed by atoms with van der Waals surface area (Å²) in [5.41, 5.74) is 1.37. The van der Waals surface area contributed by atoms with E-state index in [0.29, 0.717) is 36.9 Å². The Labute approximate surface area is 150 Å². The van der Waals surface area contributed by atoms with Crippen LogP contribution < -0.4 is 5.32 Å². The zero-order valence-corrected chi connectivity index (χ0v) is 14.4. The summed E-state index contributed by atoms with van der Waals surface area (Å²) >= 11 is 0. The summed E-state index contributed by atoms with van der Waals surface area (Å²) in [6.45, 7) is 2.65. The predicted molar refractivity (Wildman–Crippen MR) is 92.0 cm³/mol. The molecule has 2 aromatic rings. The minimum absolute atomic E-state index is 0.0491. The van der Waals surface area contributed by atoms with Crippen molar-refractivity contribution >= 4 is 17.5 Å². The number of nitriles is 1. The Morgan fingerprint density at radius 2 is 2.15 bits per heavy atom. The summed E-state index contributed by atoms with van der Waals surface area (Å²) in [5, 5.41) is 15.1. The number of rotatable bonds is 3. The van der Waals surface area contributed by atoms with Gasteiger partial charge in [0.2, 0.25) is 5.89 Å². The normalized spacial score (nSPS) is 16.8. The highest BCUT2D eigenvalue weighted by Crippen LogP contribution is 2.25. The van der Waals surface area contributed by atoms with Gasteiger partial charge in [0.1, 0.15) is 0 Å². The largest absolute Gasteiger partial charge is 0.339 e. The molecule has 1 fully saturated rings. The van der Waals surface area contributed by atoms with Crippen molar-refractivity contribution in [3.8, 4) is 6.07 Å². The molecule has 8 nitrogen and oxygen atoms in total. The van der Waals surface area contributed by atoms with Gasteiger partial charge in [0.25, 0.3) is 0 Å². The number of aryl methyl sites for hydroxylation is 1. The van der Waals surface area contributed by atoms with Gasteiger partial charge in [-0.05, 0) is 37.5 Å². The third-order valence-electron chi connectivity index (χ3n) is 4.29. The Morgan fingerprint density at radius 1 is 1.38 bits per heavy atom. The highest BCUT2D eigenvalue weighted by atomic mass is 16.5. The van der Waals surface area contributed by atoms with Crippen molar-refractivity contribution < 1.29 is 14.1 Å². The lowest BCUT2D eigenvalue weighted by atomic mass is 9.98. The van der Waals surface area contributed by atoms with Gasteiger partial charge in [0.15, 0.2) is 5.82 Å². The molecule has 0 saturated carbocycles. The van der Waals surface area contributed by atoms with Crippen LogP contribution in [0.15, 0.2) is 28.8 Å². The summed E-state index contributed by atoms with van der Waals surface area (Å²) in [7, 11) is 0. The van der Waals surface area contributed by atoms with Crippen LogP contribution in [-0.4, -0.2) is 39.9 Å². The molecule has 1 aromatic carbocycles. The molecule has 1 aliphatic rings. The van der Waals surface area contributed by atoms with E-state index in [1.54, 1.807) is 31.2 Å². The summed E-state index contributed by atoms with van der Waals surface area (Å²) in [5.74, 6) is -0.242. The standard InChI is InChI=1S/C18H19N5O3/c1-12-20-17(26-22-12)14-3-2-10-23(11-14)18(25)16(24)21-15-6-4-13(5-7-15)8-9-19/h4-7,14H,2-3,8,10-11H2,1H3,(H,21,24). The zero-order valence-electron chi connectivity index (χ0n) is 14.4. The Bertz CT molecular complexity index is 837. The number of nitrogens with one attached hydrogen (secondary N) is 1. The maximum absolute atomic E-state index is 12.5. The number of benzene rings is 1. The number of likely N-dealkylation sites (tertiary alicyclic amines) is 1. The number of hydrogen-bond acceptors (Lipinski definition) is 6. The van der Waals surface area contributed by atoms with Gasteiger partial charge in [0.05, 0.1) is 18.4 Å². The highest BCUT2D eigenvalue weighted by molar-refractivity contribution is 6.39. The lowest BCUT2D eigenvalue weighted by molar-refractivity contribution is -0.144. The van der Waals surface area contributed by atoms with Crippen molar-refractivity contribution in [2.75, 3.05) is 18.4 Å². The number of nitrogens with zero attached hydrogens (tertiary/aromatic N) is 4. The molecule has 0 aliphatic carbocycles. The summed E-state index contributed by atoms with van der Waals surface area (Å²) in [6.07, 6.45) is 1.92. The maximum Gasteiger partial charge on any atom is 0.313 e. The zero-order chi connectivity index (χ0) is 18.5. The molecular weight excluding hydrogens is 334 g/mol. The van der Waals surface area contributed by atoms with Crippen LogP contribution in [0.5, 0.6) is 0 Å². The van der Waals surface area contributed by atoms with E-state index in [1.807, 2.05) is 0 Å². The molecule has 1 atom stereocenters. The molecule has 134 valence electrons. The van der Waals surface area contributed by atoms with Crippen LogP contribution in [0, 0.1) is 18.3 Å². The minimum Gasteiger partial charge on any atom is -0.339 e. The number of carbonyl (C=O) groups is 2. The molecule has 3 rings (SSSR count). The number of aromatic nitrogens is 2. The number of anilines is 1. The van der Waals surface area contributed by atoms with E-state index in [4.69, 9.17) is 9.78 Å². The molecule has 1 N–H and O–H groups in total. The lowest BCUT2D eigenvalue weighted by Crippen LogP contribution is -2.44. The molecule has 8 heteroatoms. The first-order chi connectivity index (χ1) is 12.6. The molecule has 26 heavy (non-hydrogen) atoms. The molecule has 2 amide bonds. The Hall–Kier alpha value is -3.21. The molecule has 1 saturated heterocycles. The molecule has 1 aliphatic heterocycles. The fourth-order valence-electron chi connectivity index (χ4n) is 2.97. The molecule has 0 spiro atoms. The second-order valence-corrected chi connectivity index (χ2v) is 6.26. The van der Waals surface area contributed by atoms with Gasteiger partial charge < -0.3 is 14.7 Å². The Balaban J connectivity index is 1.60. The fraction of sp³-hybridized carbons (Fsp3) is 0.389. The summed E-state index contributed by atoms with van der Waals surface area (Å²) in [6, 6.07) is 8.91. The van der Waals surface area contributed by atoms with Crippen LogP contribution in [0.4, 0.5) is 5.69 Å². The molecule has 1 aromatic heterocycles. The van der Waals surface area contributed by atoms with Gasteiger partial charge in [-0.2, -0.15) is 10.2 Å². The lowest BCUT2D eigenvalue weighted by Gasteiger charge is -2.30. The third-order valence-corrected chi connectivity index (χ3v) is 4.29. The Morgan fingerprint density at radius 3 is 2.81 bits per heavy atom. The van der Waals surface area contributed by atoms with E-state index in [0.717, 1.165) is 18.4 Å². The number of hydrogen-bond donors (Lipinski definition) is 1. The number of carbonyl (C=O) groups excluding carboxylic acids is 2. The first kappa shape index (κ1) is 17.6. The van der Waals surface area contributed by atoms with Crippen molar-refractivity contribution in [2.24, 2.45) is 0 Å². The second-order valence-electron chi connectivity index (χ2n) is 6.26. The monoisotopic (exact) mass is 353 g/mol. The minimum atomic E-state index is -0.680. The van der Waals surface area contributed by atoms with Crippen LogP contribution in [0.25, 0.3) is 0 Å². The van der Waals surface area contributed by atoms with E-state index in [-0.39, 0.29) is 5.92 Å². The first-order valence-electron chi connectivity index (χ1n) is 8.43. The number of amides is 2. The SMILES string of the molecule is Cc1noc(C2CCCN(C(=O)C(=O)Nc3ccc(CC#N)cc3)C2)n1. The quantitative estimate of drug-likeness (QED) is 0.842. The van der Waals surface area contributed by atoms with Crippen molar-refractivity contribution in [3.05, 3.63) is 41.5 Å². The average Bonchev–Trinajstić information content (AvgIpc) is 3.09. The van der Waals surface area contributed by atoms with Crippen LogP contribution in [0.2, 0.25) is 0 Å². The summed E-state index contributed by atoms with van der Waals surface area (Å²) < 4.78 is 5.20. The van der Waals surface area contributed by atoms with Gasteiger partial charge in [-0.3, -0.25) is 9.59 Å². The Kier molecular flexibility index (Phi) is 5.27. The van der Waals surface area contributed by atoms with Crippen LogP contribution in [0.3, 0.4) is 0 Å². The van der Waals surface area contributed by atoms with E-state index in [2.05, 4.69) is 21.5 Å². The van der Waals surface area contributed by atoms with E-state index < -0.39 is 11.8 Å². The molecule has 0 bridgehead atoms. The third kappa shape index (κ3) is 4.06. The van der Waals surface area contributed by atoms with Crippen LogP contribution >= 0.6 is 0 Å². The smallest absolute Gasteiger partial charge is 0.313 e. The van der Waals surface area contributed by atoms with Crippen molar-refractivity contribution in [2.45, 2.75) is 32.1 Å². The maximum atomic E-state index is 12.5. The van der Waals surface area contributed by atoms with Gasteiger partial charge in [0, 0.05) is 18.8 Å². The van der Waals surface area contributed by atoms with Gasteiger partial charge in [-0.1, -0.05) is 17.3 Å². The van der Waals surface area contributed by atoms with Gasteiger partial charge in [-0.25, -0.2) is 0 Å². The van der Waals surface area contributed by atoms with Crippen LogP contribution in [0.1, 0.15) is 36.0 Å². The van der Waals surface area contributed by atoms with Crippen LogP contribution in [-0.2, 0) is 16.0 Å². The second kappa shape index (κ2) is 7.78. The molecule has 1 unspecified atom stereocenters. The fourth-order valence-corrected chi connectivity index (χ4v) is 2.97. The van der Waals surface area contributed by atoms with Gasteiger partial charge >= 0.3 is 11.8 Å².